The molecule has 0 bridgehead atoms. The van der Waals surface area contributed by atoms with E-state index in [1.807, 2.05) is 60.4 Å². The van der Waals surface area contributed by atoms with Crippen LogP contribution in [-0.2, 0) is 4.79 Å². The lowest BCUT2D eigenvalue weighted by Crippen LogP contribution is -2.26. The molecule has 2 nitrogen and oxygen atoms in total. The molecule has 0 aliphatic rings. The van der Waals surface area contributed by atoms with E-state index in [-0.39, 0.29) is 5.91 Å². The summed E-state index contributed by atoms with van der Waals surface area (Å²) in [5.41, 5.74) is 0. The first kappa shape index (κ1) is 32.0. The highest BCUT2D eigenvalue weighted by Gasteiger charge is 2.03. The Labute approximate surface area is 136 Å². The normalized spacial score (nSPS) is 7.15. The van der Waals surface area contributed by atoms with Crippen LogP contribution in [0.4, 0.5) is 0 Å². The Hall–Kier alpha value is -0.180. The van der Waals surface area contributed by atoms with E-state index in [9.17, 15) is 4.79 Å². The summed E-state index contributed by atoms with van der Waals surface area (Å²) in [4.78, 5) is 12.9. The van der Waals surface area contributed by atoms with Crippen molar-refractivity contribution in [3.63, 3.8) is 0 Å². The van der Waals surface area contributed by atoms with Gasteiger partial charge in [0, 0.05) is 20.0 Å². The average molecular weight is 310 g/mol. The molecule has 0 radical (unpaired) electrons. The van der Waals surface area contributed by atoms with E-state index in [1.54, 1.807) is 6.26 Å². The number of amides is 1. The van der Waals surface area contributed by atoms with Gasteiger partial charge in [-0.05, 0) is 12.7 Å². The van der Waals surface area contributed by atoms with Crippen LogP contribution in [-0.4, -0.2) is 30.7 Å². The van der Waals surface area contributed by atoms with Gasteiger partial charge in [-0.25, -0.2) is 0 Å². The van der Waals surface area contributed by atoms with Crippen molar-refractivity contribution < 1.29 is 4.79 Å². The highest BCUT2D eigenvalue weighted by Crippen LogP contribution is 2.00. The third-order valence-corrected chi connectivity index (χ3v) is 2.08. The Morgan fingerprint density at radius 3 is 1.55 bits per heavy atom. The minimum atomic E-state index is 0.256. The van der Waals surface area contributed by atoms with Crippen molar-refractivity contribution in [1.82, 2.24) is 4.90 Å². The van der Waals surface area contributed by atoms with E-state index in [4.69, 9.17) is 0 Å². The van der Waals surface area contributed by atoms with Gasteiger partial charge in [0.05, 0.1) is 0 Å². The van der Waals surface area contributed by atoms with Crippen LogP contribution >= 0.6 is 12.6 Å². The quantitative estimate of drug-likeness (QED) is 0.467. The molecule has 20 heavy (non-hydrogen) atoms. The van der Waals surface area contributed by atoms with E-state index in [1.165, 1.54) is 19.3 Å². The predicted octanol–water partition coefficient (Wildman–Crippen LogP) is 6.06. The second-order valence-corrected chi connectivity index (χ2v) is 3.23. The molecule has 0 spiro atoms. The Balaban J connectivity index is -0.0000000799. The molecule has 0 aromatic carbocycles. The van der Waals surface area contributed by atoms with Crippen LogP contribution in [0.1, 0.15) is 87.5 Å². The number of hydrogen-bond acceptors (Lipinski definition) is 2. The zero-order chi connectivity index (χ0) is 17.4. The molecule has 0 aromatic heterocycles. The zero-order valence-corrected chi connectivity index (χ0v) is 16.9. The average Bonchev–Trinajstić information content (AvgIpc) is 2.58. The van der Waals surface area contributed by atoms with Crippen molar-refractivity contribution >= 4 is 18.5 Å². The summed E-state index contributed by atoms with van der Waals surface area (Å²) in [6.07, 6.45) is 7.26. The molecule has 0 N–H and O–H groups in total. The molecule has 0 rings (SSSR count). The molecule has 1 amide bonds. The van der Waals surface area contributed by atoms with E-state index >= 15 is 0 Å². The van der Waals surface area contributed by atoms with Crippen molar-refractivity contribution in [1.29, 1.82) is 0 Å². The van der Waals surface area contributed by atoms with E-state index in [0.29, 0.717) is 6.42 Å². The molecule has 0 aliphatic carbocycles. The highest BCUT2D eigenvalue weighted by molar-refractivity contribution is 7.79. The smallest absolute Gasteiger partial charge is 0.222 e. The van der Waals surface area contributed by atoms with Gasteiger partial charge in [-0.1, -0.05) is 74.7 Å². The van der Waals surface area contributed by atoms with Crippen LogP contribution < -0.4 is 0 Å². The maximum absolute atomic E-state index is 11.1. The minimum Gasteiger partial charge on any atom is -0.346 e. The van der Waals surface area contributed by atoms with Gasteiger partial charge in [0.2, 0.25) is 5.91 Å². The van der Waals surface area contributed by atoms with Crippen LogP contribution in [0.5, 0.6) is 0 Å². The largest absolute Gasteiger partial charge is 0.346 e. The van der Waals surface area contributed by atoms with Gasteiger partial charge in [-0.2, -0.15) is 12.6 Å². The number of thiol groups is 1. The third kappa shape index (κ3) is 36.1. The lowest BCUT2D eigenvalue weighted by atomic mass is 10.2. The first-order valence-corrected chi connectivity index (χ1v) is 9.30. The van der Waals surface area contributed by atoms with Gasteiger partial charge in [0.15, 0.2) is 0 Å². The van der Waals surface area contributed by atoms with Crippen molar-refractivity contribution in [2.75, 3.05) is 19.8 Å². The fourth-order valence-corrected chi connectivity index (χ4v) is 1.17. The summed E-state index contributed by atoms with van der Waals surface area (Å²) in [7, 11) is 1.89. The standard InChI is InChI=1S/C10H21NO.3C2H6.CH4S/c1-4-6-7-8-9-11(3)10(12)5-2;4*1-2/h4-9H2,1-3H3;3*1-2H3;2H,1H3. The SMILES string of the molecule is CC.CC.CC.CCCCCCN(C)C(=O)CC.CS. The predicted molar refractivity (Wildman–Crippen MR) is 101 cm³/mol. The van der Waals surface area contributed by atoms with Gasteiger partial charge in [0.1, 0.15) is 0 Å². The summed E-state index contributed by atoms with van der Waals surface area (Å²) >= 11 is 3.53. The third-order valence-electron chi connectivity index (χ3n) is 2.08. The van der Waals surface area contributed by atoms with Crippen LogP contribution in [0.2, 0.25) is 0 Å². The summed E-state index contributed by atoms with van der Waals surface area (Å²) in [6, 6.07) is 0. The summed E-state index contributed by atoms with van der Waals surface area (Å²) in [5.74, 6) is 0.256. The minimum absolute atomic E-state index is 0.256. The summed E-state index contributed by atoms with van der Waals surface area (Å²) in [6.45, 7) is 17.0. The van der Waals surface area contributed by atoms with Crippen LogP contribution in [0.15, 0.2) is 0 Å². The van der Waals surface area contributed by atoms with Crippen molar-refractivity contribution in [3.05, 3.63) is 0 Å². The Kier molecular flexibility index (Phi) is 68.4. The summed E-state index contributed by atoms with van der Waals surface area (Å²) < 4.78 is 0. The van der Waals surface area contributed by atoms with Crippen LogP contribution in [0.3, 0.4) is 0 Å². The number of carbonyl (C=O) groups excluding carboxylic acids is 1. The van der Waals surface area contributed by atoms with Gasteiger partial charge in [-0.3, -0.25) is 4.79 Å². The Morgan fingerprint density at radius 1 is 0.850 bits per heavy atom. The molecule has 0 atom stereocenters. The maximum Gasteiger partial charge on any atom is 0.222 e. The molecule has 3 heteroatoms. The van der Waals surface area contributed by atoms with E-state index in [0.717, 1.165) is 13.0 Å². The summed E-state index contributed by atoms with van der Waals surface area (Å²) in [5, 5.41) is 0. The number of hydrogen-bond donors (Lipinski definition) is 1. The lowest BCUT2D eigenvalue weighted by molar-refractivity contribution is -0.129. The monoisotopic (exact) mass is 309 g/mol. The molecular formula is C17H43NOS. The molecule has 0 aliphatic heterocycles. The van der Waals surface area contributed by atoms with Crippen molar-refractivity contribution in [3.8, 4) is 0 Å². The fraction of sp³-hybridized carbons (Fsp3) is 0.941. The Morgan fingerprint density at radius 2 is 1.25 bits per heavy atom. The first-order valence-electron chi connectivity index (χ1n) is 8.41. The van der Waals surface area contributed by atoms with Crippen LogP contribution in [0, 0.1) is 0 Å². The van der Waals surface area contributed by atoms with Gasteiger partial charge in [-0.15, -0.1) is 0 Å². The molecule has 0 saturated heterocycles. The van der Waals surface area contributed by atoms with E-state index in [2.05, 4.69) is 19.6 Å². The lowest BCUT2D eigenvalue weighted by Gasteiger charge is -2.15. The fourth-order valence-electron chi connectivity index (χ4n) is 1.17. The van der Waals surface area contributed by atoms with Gasteiger partial charge in [0.25, 0.3) is 0 Å². The number of rotatable bonds is 6. The molecule has 128 valence electrons. The number of carbonyl (C=O) groups is 1. The molecule has 0 aromatic rings. The van der Waals surface area contributed by atoms with E-state index < -0.39 is 0 Å². The molecule has 0 unspecified atom stereocenters. The second kappa shape index (κ2) is 42.8. The molecular weight excluding hydrogens is 266 g/mol. The number of unbranched alkanes of at least 4 members (excludes halogenated alkanes) is 3. The highest BCUT2D eigenvalue weighted by atomic mass is 32.1. The maximum atomic E-state index is 11.1. The molecule has 0 fully saturated rings. The number of nitrogens with zero attached hydrogens (tertiary/aromatic N) is 1. The first-order chi connectivity index (χ1) is 9.72. The van der Waals surface area contributed by atoms with Crippen LogP contribution in [0.25, 0.3) is 0 Å². The van der Waals surface area contributed by atoms with Crippen molar-refractivity contribution in [2.24, 2.45) is 0 Å². The zero-order valence-electron chi connectivity index (χ0n) is 16.0. The molecule has 0 heterocycles. The Bertz CT molecular complexity index is 130. The molecule has 0 saturated carbocycles. The van der Waals surface area contributed by atoms with Gasteiger partial charge < -0.3 is 4.90 Å². The van der Waals surface area contributed by atoms with Crippen molar-refractivity contribution in [2.45, 2.75) is 87.5 Å². The second-order valence-electron chi connectivity index (χ2n) is 3.23. The van der Waals surface area contributed by atoms with Gasteiger partial charge >= 0.3 is 0 Å². The topological polar surface area (TPSA) is 20.3 Å².